The Balaban J connectivity index is 3.23. The molecule has 2 N–H and O–H groups in total. The molecule has 0 aliphatic carbocycles. The van der Waals surface area contributed by atoms with Crippen LogP contribution in [0.15, 0.2) is 6.20 Å². The second-order valence-corrected chi connectivity index (χ2v) is 1.94. The Labute approximate surface area is 63.2 Å². The average molecular weight is 154 g/mol. The Morgan fingerprint density at radius 1 is 1.70 bits per heavy atom. The Morgan fingerprint density at radius 3 is 2.90 bits per heavy atom. The van der Waals surface area contributed by atoms with Crippen molar-refractivity contribution in [1.29, 1.82) is 0 Å². The Bertz CT molecular complexity index is 290. The van der Waals surface area contributed by atoms with Crippen LogP contribution < -0.4 is 5.73 Å². The van der Waals surface area contributed by atoms with Crippen molar-refractivity contribution in [3.63, 3.8) is 0 Å². The normalized spacial score (nSPS) is 8.80. The largest absolute Gasteiger partial charge is 0.382 e. The van der Waals surface area contributed by atoms with Gasteiger partial charge >= 0.3 is 0 Å². The third-order valence-corrected chi connectivity index (χ3v) is 1.15. The smallest absolute Gasteiger partial charge is 0.165 e. The highest BCUT2D eigenvalue weighted by Gasteiger charge is 1.98. The molecule has 0 saturated heterocycles. The minimum Gasteiger partial charge on any atom is -0.382 e. The van der Waals surface area contributed by atoms with E-state index in [1.165, 1.54) is 6.20 Å². The molecule has 1 rings (SSSR count). The van der Waals surface area contributed by atoms with Crippen LogP contribution in [-0.2, 0) is 0 Å². The number of halogens is 1. The van der Waals surface area contributed by atoms with Gasteiger partial charge in [0.1, 0.15) is 11.5 Å². The molecule has 0 aromatic carbocycles. The van der Waals surface area contributed by atoms with Gasteiger partial charge in [-0.15, -0.1) is 6.42 Å². The van der Waals surface area contributed by atoms with Gasteiger partial charge in [0.2, 0.25) is 0 Å². The number of nitrogens with two attached hydrogens (primary N) is 1. The number of rotatable bonds is 0. The average Bonchev–Trinajstić information content (AvgIpc) is 1.88. The maximum absolute atomic E-state index is 5.53. The van der Waals surface area contributed by atoms with Gasteiger partial charge in [0.05, 0.1) is 6.20 Å². The molecule has 3 nitrogen and oxygen atoms in total. The van der Waals surface area contributed by atoms with Gasteiger partial charge < -0.3 is 5.73 Å². The molecular formula is C6H4ClN3. The van der Waals surface area contributed by atoms with Crippen LogP contribution in [0, 0.1) is 12.3 Å². The molecular weight excluding hydrogens is 150 g/mol. The lowest BCUT2D eigenvalue weighted by Gasteiger charge is -1.93. The molecule has 0 unspecified atom stereocenters. The van der Waals surface area contributed by atoms with Gasteiger partial charge in [0, 0.05) is 0 Å². The van der Waals surface area contributed by atoms with E-state index in [-0.39, 0.29) is 11.0 Å². The van der Waals surface area contributed by atoms with E-state index in [1.54, 1.807) is 0 Å². The zero-order valence-corrected chi connectivity index (χ0v) is 5.76. The van der Waals surface area contributed by atoms with Crippen LogP contribution in [-0.4, -0.2) is 9.97 Å². The fraction of sp³-hybridized carbons (Fsp3) is 0. The van der Waals surface area contributed by atoms with E-state index in [9.17, 15) is 0 Å². The van der Waals surface area contributed by atoms with Gasteiger partial charge in [0.15, 0.2) is 5.15 Å². The second kappa shape index (κ2) is 2.54. The first-order chi connectivity index (χ1) is 4.74. The van der Waals surface area contributed by atoms with E-state index in [4.69, 9.17) is 23.8 Å². The molecule has 0 saturated carbocycles. The van der Waals surface area contributed by atoms with Crippen molar-refractivity contribution >= 4 is 17.4 Å². The second-order valence-electron chi connectivity index (χ2n) is 1.58. The highest BCUT2D eigenvalue weighted by atomic mass is 35.5. The van der Waals surface area contributed by atoms with Crippen LogP contribution in [0.1, 0.15) is 5.69 Å². The van der Waals surface area contributed by atoms with Crippen LogP contribution >= 0.6 is 11.6 Å². The molecule has 0 aliphatic heterocycles. The van der Waals surface area contributed by atoms with Crippen molar-refractivity contribution in [3.05, 3.63) is 17.0 Å². The lowest BCUT2D eigenvalue weighted by Crippen LogP contribution is -1.94. The van der Waals surface area contributed by atoms with E-state index in [2.05, 4.69) is 15.9 Å². The molecule has 10 heavy (non-hydrogen) atoms. The minimum absolute atomic E-state index is 0.169. The van der Waals surface area contributed by atoms with Crippen molar-refractivity contribution in [2.45, 2.75) is 0 Å². The number of terminal acetylenes is 1. The molecule has 0 amide bonds. The summed E-state index contributed by atoms with van der Waals surface area (Å²) in [5.74, 6) is 2.53. The van der Waals surface area contributed by atoms with Crippen molar-refractivity contribution in [3.8, 4) is 12.3 Å². The van der Waals surface area contributed by atoms with Crippen LogP contribution in [0.4, 0.5) is 5.82 Å². The van der Waals surface area contributed by atoms with Gasteiger partial charge in [0.25, 0.3) is 0 Å². The number of nitrogens with zero attached hydrogens (tertiary/aromatic N) is 2. The van der Waals surface area contributed by atoms with E-state index < -0.39 is 0 Å². The molecule has 1 aromatic rings. The fourth-order valence-corrected chi connectivity index (χ4v) is 0.677. The molecule has 0 fully saturated rings. The van der Waals surface area contributed by atoms with E-state index in [1.807, 2.05) is 0 Å². The standard InChI is InChI=1S/C6H4ClN3/c1-2-4-6(7)10-5(8)3-9-4/h1,3H,(H2,8,10). The molecule has 0 spiro atoms. The topological polar surface area (TPSA) is 51.8 Å². The molecule has 50 valence electrons. The van der Waals surface area contributed by atoms with Crippen LogP contribution in [0.5, 0.6) is 0 Å². The Hall–Kier alpha value is -1.27. The highest BCUT2D eigenvalue weighted by molar-refractivity contribution is 6.30. The molecule has 1 aromatic heterocycles. The molecule has 0 radical (unpaired) electrons. The van der Waals surface area contributed by atoms with Crippen molar-refractivity contribution in [1.82, 2.24) is 9.97 Å². The Morgan fingerprint density at radius 2 is 2.40 bits per heavy atom. The predicted molar refractivity (Wildman–Crippen MR) is 39.4 cm³/mol. The lowest BCUT2D eigenvalue weighted by molar-refractivity contribution is 1.18. The number of aromatic nitrogens is 2. The van der Waals surface area contributed by atoms with Crippen molar-refractivity contribution in [2.24, 2.45) is 0 Å². The SMILES string of the molecule is C#Cc1ncc(N)nc1Cl. The lowest BCUT2D eigenvalue weighted by atomic mass is 10.5. The maximum atomic E-state index is 5.53. The third kappa shape index (κ3) is 1.17. The zero-order chi connectivity index (χ0) is 7.56. The number of hydrogen-bond acceptors (Lipinski definition) is 3. The van der Waals surface area contributed by atoms with Gasteiger partial charge in [-0.05, 0) is 5.92 Å². The molecule has 0 bridgehead atoms. The summed E-state index contributed by atoms with van der Waals surface area (Å²) in [5.41, 5.74) is 5.57. The summed E-state index contributed by atoms with van der Waals surface area (Å²) in [6, 6.07) is 0. The monoisotopic (exact) mass is 153 g/mol. The van der Waals surface area contributed by atoms with Gasteiger partial charge in [-0.3, -0.25) is 0 Å². The highest BCUT2D eigenvalue weighted by Crippen LogP contribution is 2.09. The zero-order valence-electron chi connectivity index (χ0n) is 5.00. The number of hydrogen-bond donors (Lipinski definition) is 1. The molecule has 0 aliphatic rings. The number of anilines is 1. The molecule has 4 heteroatoms. The first-order valence-electron chi connectivity index (χ1n) is 2.48. The quantitative estimate of drug-likeness (QED) is 0.558. The Kier molecular flexibility index (Phi) is 1.74. The summed E-state index contributed by atoms with van der Waals surface area (Å²) >= 11 is 5.53. The first kappa shape index (κ1) is 6.84. The van der Waals surface area contributed by atoms with Crippen LogP contribution in [0.3, 0.4) is 0 Å². The first-order valence-corrected chi connectivity index (χ1v) is 2.86. The van der Waals surface area contributed by atoms with Gasteiger partial charge in [-0.25, -0.2) is 9.97 Å². The minimum atomic E-state index is 0.169. The summed E-state index contributed by atoms with van der Waals surface area (Å²) in [6.07, 6.45) is 6.39. The summed E-state index contributed by atoms with van der Waals surface area (Å²) in [5, 5.41) is 0.169. The summed E-state index contributed by atoms with van der Waals surface area (Å²) in [6.45, 7) is 0. The van der Waals surface area contributed by atoms with Crippen molar-refractivity contribution < 1.29 is 0 Å². The predicted octanol–water partition coefficient (Wildman–Crippen LogP) is 0.694. The number of nitrogen functional groups attached to an aromatic ring is 1. The molecule has 0 atom stereocenters. The van der Waals surface area contributed by atoms with E-state index in [0.29, 0.717) is 5.69 Å². The third-order valence-electron chi connectivity index (χ3n) is 0.885. The summed E-state index contributed by atoms with van der Waals surface area (Å²) in [4.78, 5) is 7.42. The van der Waals surface area contributed by atoms with Crippen molar-refractivity contribution in [2.75, 3.05) is 5.73 Å². The maximum Gasteiger partial charge on any atom is 0.165 e. The fourth-order valence-electron chi connectivity index (χ4n) is 0.476. The van der Waals surface area contributed by atoms with E-state index >= 15 is 0 Å². The molecule has 1 heterocycles. The van der Waals surface area contributed by atoms with Crippen LogP contribution in [0.2, 0.25) is 5.15 Å². The summed E-state index contributed by atoms with van der Waals surface area (Å²) < 4.78 is 0. The summed E-state index contributed by atoms with van der Waals surface area (Å²) in [7, 11) is 0. The van der Waals surface area contributed by atoms with Crippen LogP contribution in [0.25, 0.3) is 0 Å². The van der Waals surface area contributed by atoms with E-state index in [0.717, 1.165) is 0 Å². The van der Waals surface area contributed by atoms with Gasteiger partial charge in [-0.1, -0.05) is 11.6 Å². The van der Waals surface area contributed by atoms with Gasteiger partial charge in [-0.2, -0.15) is 0 Å².